The Kier molecular flexibility index (Phi) is 1.68. The Morgan fingerprint density at radius 2 is 2.27 bits per heavy atom. The SMILES string of the molecule is CCc1nn(C2CC2)c2ncnc(N)c12. The van der Waals surface area contributed by atoms with Crippen LogP contribution in [0, 0.1) is 0 Å². The van der Waals surface area contributed by atoms with Crippen LogP contribution < -0.4 is 5.73 Å². The molecule has 1 aliphatic rings. The molecule has 0 spiro atoms. The van der Waals surface area contributed by atoms with E-state index in [1.165, 1.54) is 19.2 Å². The van der Waals surface area contributed by atoms with E-state index in [0.717, 1.165) is 23.1 Å². The summed E-state index contributed by atoms with van der Waals surface area (Å²) in [4.78, 5) is 8.30. The van der Waals surface area contributed by atoms with Gasteiger partial charge in [-0.1, -0.05) is 6.92 Å². The van der Waals surface area contributed by atoms with Gasteiger partial charge in [0, 0.05) is 0 Å². The Morgan fingerprint density at radius 1 is 1.47 bits per heavy atom. The number of nitrogens with zero attached hydrogens (tertiary/aromatic N) is 4. The van der Waals surface area contributed by atoms with E-state index in [2.05, 4.69) is 22.0 Å². The predicted molar refractivity (Wildman–Crippen MR) is 57.4 cm³/mol. The maximum Gasteiger partial charge on any atom is 0.163 e. The molecular weight excluding hydrogens is 190 g/mol. The minimum Gasteiger partial charge on any atom is -0.383 e. The molecule has 1 saturated carbocycles. The number of hydrogen-bond acceptors (Lipinski definition) is 4. The number of hydrogen-bond donors (Lipinski definition) is 1. The highest BCUT2D eigenvalue weighted by Crippen LogP contribution is 2.37. The van der Waals surface area contributed by atoms with Gasteiger partial charge in [-0.15, -0.1) is 0 Å². The van der Waals surface area contributed by atoms with Gasteiger partial charge in [-0.2, -0.15) is 5.10 Å². The van der Waals surface area contributed by atoms with Crippen LogP contribution in [0.1, 0.15) is 31.5 Å². The second-order valence-electron chi connectivity index (χ2n) is 3.93. The molecule has 78 valence electrons. The van der Waals surface area contributed by atoms with Gasteiger partial charge in [0.05, 0.1) is 17.1 Å². The van der Waals surface area contributed by atoms with Gasteiger partial charge >= 0.3 is 0 Å². The minimum absolute atomic E-state index is 0.530. The van der Waals surface area contributed by atoms with Crippen molar-refractivity contribution in [2.75, 3.05) is 5.73 Å². The maximum atomic E-state index is 5.86. The molecular formula is C10H13N5. The van der Waals surface area contributed by atoms with Gasteiger partial charge in [0.2, 0.25) is 0 Å². The highest BCUT2D eigenvalue weighted by molar-refractivity contribution is 5.88. The van der Waals surface area contributed by atoms with Crippen LogP contribution in [0.15, 0.2) is 6.33 Å². The van der Waals surface area contributed by atoms with Gasteiger partial charge in [-0.05, 0) is 19.3 Å². The van der Waals surface area contributed by atoms with Gasteiger partial charge in [-0.3, -0.25) is 0 Å². The highest BCUT2D eigenvalue weighted by Gasteiger charge is 2.28. The van der Waals surface area contributed by atoms with E-state index < -0.39 is 0 Å². The largest absolute Gasteiger partial charge is 0.383 e. The van der Waals surface area contributed by atoms with Crippen molar-refractivity contribution in [2.24, 2.45) is 0 Å². The third-order valence-electron chi connectivity index (χ3n) is 2.82. The molecule has 3 rings (SSSR count). The molecule has 0 aromatic carbocycles. The second kappa shape index (κ2) is 2.92. The van der Waals surface area contributed by atoms with Crippen molar-refractivity contribution in [1.82, 2.24) is 19.7 Å². The summed E-state index contributed by atoms with van der Waals surface area (Å²) in [5, 5.41) is 5.50. The van der Waals surface area contributed by atoms with Crippen molar-refractivity contribution in [1.29, 1.82) is 0 Å². The van der Waals surface area contributed by atoms with Gasteiger partial charge in [0.1, 0.15) is 12.1 Å². The molecule has 2 heterocycles. The standard InChI is InChI=1S/C10H13N5/c1-2-7-8-9(11)12-5-13-10(8)15(14-7)6-3-4-6/h5-6H,2-4H2,1H3,(H2,11,12,13). The first kappa shape index (κ1) is 8.64. The molecule has 5 nitrogen and oxygen atoms in total. The van der Waals surface area contributed by atoms with Crippen molar-refractivity contribution in [2.45, 2.75) is 32.2 Å². The summed E-state index contributed by atoms with van der Waals surface area (Å²) in [6, 6.07) is 0.530. The summed E-state index contributed by atoms with van der Waals surface area (Å²) < 4.78 is 2.01. The zero-order valence-corrected chi connectivity index (χ0v) is 8.64. The van der Waals surface area contributed by atoms with E-state index in [0.29, 0.717) is 11.9 Å². The summed E-state index contributed by atoms with van der Waals surface area (Å²) >= 11 is 0. The molecule has 2 aromatic rings. The summed E-state index contributed by atoms with van der Waals surface area (Å²) in [6.07, 6.45) is 4.78. The fraction of sp³-hybridized carbons (Fsp3) is 0.500. The van der Waals surface area contributed by atoms with Crippen LogP contribution in [0.2, 0.25) is 0 Å². The summed E-state index contributed by atoms with van der Waals surface area (Å²) in [5.74, 6) is 0.545. The lowest BCUT2D eigenvalue weighted by molar-refractivity contribution is 0.646. The molecule has 0 amide bonds. The quantitative estimate of drug-likeness (QED) is 0.798. The summed E-state index contributed by atoms with van der Waals surface area (Å²) in [7, 11) is 0. The van der Waals surface area contributed by atoms with Crippen molar-refractivity contribution in [3.63, 3.8) is 0 Å². The highest BCUT2D eigenvalue weighted by atomic mass is 15.3. The Hall–Kier alpha value is -1.65. The van der Waals surface area contributed by atoms with Crippen LogP contribution in [0.5, 0.6) is 0 Å². The topological polar surface area (TPSA) is 69.6 Å². The third-order valence-corrected chi connectivity index (χ3v) is 2.82. The Bertz CT molecular complexity index is 512. The Balaban J connectivity index is 2.33. The Labute approximate surface area is 87.3 Å². The molecule has 0 aliphatic heterocycles. The molecule has 0 saturated heterocycles. The lowest BCUT2D eigenvalue weighted by atomic mass is 10.2. The van der Waals surface area contributed by atoms with E-state index in [1.54, 1.807) is 0 Å². The van der Waals surface area contributed by atoms with Crippen molar-refractivity contribution in [3.05, 3.63) is 12.0 Å². The molecule has 5 heteroatoms. The number of rotatable bonds is 2. The molecule has 15 heavy (non-hydrogen) atoms. The summed E-state index contributed by atoms with van der Waals surface area (Å²) in [5.41, 5.74) is 7.76. The van der Waals surface area contributed by atoms with Gasteiger partial charge < -0.3 is 5.73 Å². The van der Waals surface area contributed by atoms with E-state index in [9.17, 15) is 0 Å². The van der Waals surface area contributed by atoms with Crippen LogP contribution in [0.4, 0.5) is 5.82 Å². The van der Waals surface area contributed by atoms with Gasteiger partial charge in [0.25, 0.3) is 0 Å². The van der Waals surface area contributed by atoms with Gasteiger partial charge in [-0.25, -0.2) is 14.6 Å². The second-order valence-corrected chi connectivity index (χ2v) is 3.93. The molecule has 0 bridgehead atoms. The number of nitrogens with two attached hydrogens (primary N) is 1. The van der Waals surface area contributed by atoms with Crippen molar-refractivity contribution in [3.8, 4) is 0 Å². The molecule has 0 unspecified atom stereocenters. The third kappa shape index (κ3) is 1.19. The smallest absolute Gasteiger partial charge is 0.163 e. The average molecular weight is 203 g/mol. The average Bonchev–Trinajstić information content (AvgIpc) is 3.00. The monoisotopic (exact) mass is 203 g/mol. The first-order valence-electron chi connectivity index (χ1n) is 5.28. The van der Waals surface area contributed by atoms with Crippen LogP contribution in [0.25, 0.3) is 11.0 Å². The van der Waals surface area contributed by atoms with Crippen molar-refractivity contribution >= 4 is 16.9 Å². The fourth-order valence-electron chi connectivity index (χ4n) is 1.89. The zero-order chi connectivity index (χ0) is 10.4. The zero-order valence-electron chi connectivity index (χ0n) is 8.64. The number of fused-ring (bicyclic) bond motifs is 1. The van der Waals surface area contributed by atoms with Crippen molar-refractivity contribution < 1.29 is 0 Å². The molecule has 2 N–H and O–H groups in total. The molecule has 0 atom stereocenters. The summed E-state index contributed by atoms with van der Waals surface area (Å²) in [6.45, 7) is 2.07. The normalized spacial score (nSPS) is 16.1. The van der Waals surface area contributed by atoms with Crippen LogP contribution in [-0.4, -0.2) is 19.7 Å². The van der Waals surface area contributed by atoms with Crippen LogP contribution in [-0.2, 0) is 6.42 Å². The molecule has 2 aromatic heterocycles. The first-order valence-corrected chi connectivity index (χ1v) is 5.28. The molecule has 0 radical (unpaired) electrons. The predicted octanol–water partition coefficient (Wildman–Crippen LogP) is 1.31. The molecule has 1 fully saturated rings. The maximum absolute atomic E-state index is 5.86. The lowest BCUT2D eigenvalue weighted by Gasteiger charge is -1.98. The molecule has 1 aliphatic carbocycles. The lowest BCUT2D eigenvalue weighted by Crippen LogP contribution is -1.98. The van der Waals surface area contributed by atoms with E-state index in [-0.39, 0.29) is 0 Å². The van der Waals surface area contributed by atoms with E-state index >= 15 is 0 Å². The number of nitrogen functional groups attached to an aromatic ring is 1. The minimum atomic E-state index is 0.530. The first-order chi connectivity index (χ1) is 7.31. The number of aromatic nitrogens is 4. The van der Waals surface area contributed by atoms with Gasteiger partial charge in [0.15, 0.2) is 5.65 Å². The van der Waals surface area contributed by atoms with E-state index in [1.807, 2.05) is 4.68 Å². The fourth-order valence-corrected chi connectivity index (χ4v) is 1.89. The van der Waals surface area contributed by atoms with Crippen LogP contribution in [0.3, 0.4) is 0 Å². The number of aryl methyl sites for hydroxylation is 1. The number of anilines is 1. The Morgan fingerprint density at radius 3 is 2.93 bits per heavy atom. The van der Waals surface area contributed by atoms with E-state index in [4.69, 9.17) is 5.73 Å². The van der Waals surface area contributed by atoms with Crippen LogP contribution >= 0.6 is 0 Å².